The molecular formula is C30H48O2. The number of fused-ring (bicyclic) bond motifs is 7. The van der Waals surface area contributed by atoms with Crippen LogP contribution in [-0.4, -0.2) is 17.5 Å². The standard InChI is InChI=1S/C30H48O2/c1-25(2)14-15-26(3)16-17-29(6)20(21(26)18-25)8-9-23-27(4)12-11-24(32)28(5,19-31)22(27)10-13-30(23,29)7/h18,20,22-23,31H,8-17,19H2,1-7H3. The van der Waals surface area contributed by atoms with Gasteiger partial charge >= 0.3 is 0 Å². The van der Waals surface area contributed by atoms with Gasteiger partial charge in [0.05, 0.1) is 12.0 Å². The highest BCUT2D eigenvalue weighted by molar-refractivity contribution is 5.86. The summed E-state index contributed by atoms with van der Waals surface area (Å²) < 4.78 is 0. The molecule has 0 spiro atoms. The molecule has 0 radical (unpaired) electrons. The number of rotatable bonds is 1. The van der Waals surface area contributed by atoms with E-state index >= 15 is 0 Å². The van der Waals surface area contributed by atoms with Crippen molar-refractivity contribution in [1.82, 2.24) is 0 Å². The first-order valence-corrected chi connectivity index (χ1v) is 13.6. The van der Waals surface area contributed by atoms with E-state index in [0.717, 1.165) is 18.8 Å². The van der Waals surface area contributed by atoms with Crippen LogP contribution in [0.15, 0.2) is 11.6 Å². The quantitative estimate of drug-likeness (QED) is 0.433. The average Bonchev–Trinajstić information content (AvgIpc) is 2.73. The summed E-state index contributed by atoms with van der Waals surface area (Å²) in [6.07, 6.45) is 14.7. The van der Waals surface area contributed by atoms with Gasteiger partial charge in [-0.2, -0.15) is 0 Å². The minimum atomic E-state index is -0.535. The molecule has 0 saturated heterocycles. The Labute approximate surface area is 197 Å². The number of ketones is 1. The summed E-state index contributed by atoms with van der Waals surface area (Å²) in [6.45, 7) is 17.4. The average molecular weight is 441 g/mol. The Morgan fingerprint density at radius 1 is 0.812 bits per heavy atom. The van der Waals surface area contributed by atoms with Crippen LogP contribution < -0.4 is 0 Å². The maximum Gasteiger partial charge on any atom is 0.141 e. The topological polar surface area (TPSA) is 37.3 Å². The molecule has 8 unspecified atom stereocenters. The SMILES string of the molecule is CC1(C)C=C2C3CCC4C5(C)CCC(=O)C(C)(CO)C5CCC4(C)C3(C)CCC2(C)CC1. The van der Waals surface area contributed by atoms with Crippen LogP contribution in [0.5, 0.6) is 0 Å². The van der Waals surface area contributed by atoms with Crippen molar-refractivity contribution in [1.29, 1.82) is 0 Å². The van der Waals surface area contributed by atoms with Crippen molar-refractivity contribution < 1.29 is 9.90 Å². The van der Waals surface area contributed by atoms with Crippen molar-refractivity contribution in [3.8, 4) is 0 Å². The lowest BCUT2D eigenvalue weighted by atomic mass is 9.32. The predicted octanol–water partition coefficient (Wildman–Crippen LogP) is 7.35. The highest BCUT2D eigenvalue weighted by Gasteiger charge is 2.69. The molecule has 0 aromatic rings. The van der Waals surface area contributed by atoms with Gasteiger partial charge < -0.3 is 5.11 Å². The van der Waals surface area contributed by atoms with Crippen LogP contribution in [0.2, 0.25) is 0 Å². The molecule has 2 heteroatoms. The Balaban J connectivity index is 1.57. The molecule has 0 aliphatic heterocycles. The maximum absolute atomic E-state index is 13.0. The Morgan fingerprint density at radius 3 is 2.19 bits per heavy atom. The molecule has 1 N–H and O–H groups in total. The van der Waals surface area contributed by atoms with Crippen molar-refractivity contribution >= 4 is 5.78 Å². The van der Waals surface area contributed by atoms with Crippen molar-refractivity contribution in [2.24, 2.45) is 50.2 Å². The third-order valence-electron chi connectivity index (χ3n) is 12.9. The molecular weight excluding hydrogens is 392 g/mol. The van der Waals surface area contributed by atoms with Gasteiger partial charge in [0.25, 0.3) is 0 Å². The fourth-order valence-electron chi connectivity index (χ4n) is 10.5. The van der Waals surface area contributed by atoms with Gasteiger partial charge in [-0.15, -0.1) is 0 Å². The monoisotopic (exact) mass is 440 g/mol. The zero-order chi connectivity index (χ0) is 23.4. The molecule has 0 aromatic carbocycles. The van der Waals surface area contributed by atoms with Crippen LogP contribution in [0.25, 0.3) is 0 Å². The number of allylic oxidation sites excluding steroid dienone is 2. The summed E-state index contributed by atoms with van der Waals surface area (Å²) in [7, 11) is 0. The summed E-state index contributed by atoms with van der Waals surface area (Å²) in [5.41, 5.74) is 2.87. The van der Waals surface area contributed by atoms with E-state index < -0.39 is 5.41 Å². The zero-order valence-corrected chi connectivity index (χ0v) is 21.9. The largest absolute Gasteiger partial charge is 0.395 e. The first kappa shape index (κ1) is 23.1. The van der Waals surface area contributed by atoms with Gasteiger partial charge in [0, 0.05) is 6.42 Å². The Hall–Kier alpha value is -0.630. The molecule has 5 aliphatic rings. The van der Waals surface area contributed by atoms with Crippen molar-refractivity contribution in [2.45, 2.75) is 113 Å². The van der Waals surface area contributed by atoms with E-state index in [1.54, 1.807) is 0 Å². The van der Waals surface area contributed by atoms with Gasteiger partial charge in [-0.3, -0.25) is 4.79 Å². The number of Topliss-reactive ketones (excluding diaryl/α,β-unsaturated/α-hetero) is 1. The van der Waals surface area contributed by atoms with Gasteiger partial charge in [-0.25, -0.2) is 0 Å². The minimum absolute atomic E-state index is 0.0236. The van der Waals surface area contributed by atoms with Crippen LogP contribution in [0.3, 0.4) is 0 Å². The highest BCUT2D eigenvalue weighted by atomic mass is 16.3. The van der Waals surface area contributed by atoms with E-state index in [1.165, 1.54) is 44.9 Å². The second-order valence-corrected chi connectivity index (χ2v) is 14.8. The van der Waals surface area contributed by atoms with Crippen LogP contribution in [0, 0.1) is 50.2 Å². The van der Waals surface area contributed by atoms with E-state index in [1.807, 2.05) is 5.57 Å². The molecule has 2 nitrogen and oxygen atoms in total. The van der Waals surface area contributed by atoms with Gasteiger partial charge in [0.15, 0.2) is 0 Å². The first-order valence-electron chi connectivity index (χ1n) is 13.6. The number of aliphatic hydroxyl groups excluding tert-OH is 1. The second kappa shape index (κ2) is 6.73. The molecule has 32 heavy (non-hydrogen) atoms. The smallest absolute Gasteiger partial charge is 0.141 e. The summed E-state index contributed by atoms with van der Waals surface area (Å²) in [4.78, 5) is 13.0. The normalized spacial score (nSPS) is 54.6. The molecule has 0 bridgehead atoms. The lowest BCUT2D eigenvalue weighted by Crippen LogP contribution is -2.66. The molecule has 5 rings (SSSR count). The fourth-order valence-corrected chi connectivity index (χ4v) is 10.5. The van der Waals surface area contributed by atoms with Crippen molar-refractivity contribution in [3.05, 3.63) is 11.6 Å². The molecule has 180 valence electrons. The Kier molecular flexibility index (Phi) is 4.87. The van der Waals surface area contributed by atoms with Crippen molar-refractivity contribution in [2.75, 3.05) is 6.61 Å². The fraction of sp³-hybridized carbons (Fsp3) is 0.900. The van der Waals surface area contributed by atoms with Gasteiger partial charge in [-0.05, 0) is 103 Å². The van der Waals surface area contributed by atoms with E-state index in [-0.39, 0.29) is 12.0 Å². The number of carbonyl (C=O) groups excluding carboxylic acids is 1. The Morgan fingerprint density at radius 2 is 1.50 bits per heavy atom. The lowest BCUT2D eigenvalue weighted by molar-refractivity contribution is -0.216. The van der Waals surface area contributed by atoms with E-state index in [0.29, 0.717) is 45.7 Å². The number of aliphatic hydroxyl groups is 1. The van der Waals surface area contributed by atoms with Crippen LogP contribution in [-0.2, 0) is 4.79 Å². The summed E-state index contributed by atoms with van der Waals surface area (Å²) in [5.74, 6) is 2.03. The van der Waals surface area contributed by atoms with Gasteiger partial charge in [0.1, 0.15) is 5.78 Å². The van der Waals surface area contributed by atoms with Gasteiger partial charge in [0.2, 0.25) is 0 Å². The summed E-state index contributed by atoms with van der Waals surface area (Å²) in [5, 5.41) is 10.4. The minimum Gasteiger partial charge on any atom is -0.395 e. The Bertz CT molecular complexity index is 855. The first-order chi connectivity index (χ1) is 14.8. The molecule has 4 fully saturated rings. The number of hydrogen-bond donors (Lipinski definition) is 1. The van der Waals surface area contributed by atoms with Crippen LogP contribution in [0.4, 0.5) is 0 Å². The lowest BCUT2D eigenvalue weighted by Gasteiger charge is -2.72. The summed E-state index contributed by atoms with van der Waals surface area (Å²) in [6, 6.07) is 0. The molecule has 0 amide bonds. The third-order valence-corrected chi connectivity index (χ3v) is 12.9. The highest BCUT2D eigenvalue weighted by Crippen LogP contribution is 2.76. The predicted molar refractivity (Wildman–Crippen MR) is 131 cm³/mol. The molecule has 8 atom stereocenters. The van der Waals surface area contributed by atoms with Crippen molar-refractivity contribution in [3.63, 3.8) is 0 Å². The molecule has 5 aliphatic carbocycles. The third kappa shape index (κ3) is 2.71. The number of carbonyl (C=O) groups is 1. The van der Waals surface area contributed by atoms with Gasteiger partial charge in [-0.1, -0.05) is 60.1 Å². The zero-order valence-electron chi connectivity index (χ0n) is 21.9. The van der Waals surface area contributed by atoms with E-state index in [4.69, 9.17) is 0 Å². The summed E-state index contributed by atoms with van der Waals surface area (Å²) >= 11 is 0. The molecule has 0 aromatic heterocycles. The maximum atomic E-state index is 13.0. The molecule has 0 heterocycles. The molecule has 4 saturated carbocycles. The van der Waals surface area contributed by atoms with Crippen LogP contribution in [0.1, 0.15) is 113 Å². The van der Waals surface area contributed by atoms with E-state index in [2.05, 4.69) is 54.5 Å². The van der Waals surface area contributed by atoms with E-state index in [9.17, 15) is 9.90 Å². The second-order valence-electron chi connectivity index (χ2n) is 14.8. The number of hydrogen-bond acceptors (Lipinski definition) is 2. The van der Waals surface area contributed by atoms with Crippen LogP contribution >= 0.6 is 0 Å².